The zero-order chi connectivity index (χ0) is 13.1. The van der Waals surface area contributed by atoms with Crippen molar-refractivity contribution in [2.45, 2.75) is 6.42 Å². The Bertz CT molecular complexity index is 634. The minimum absolute atomic E-state index is 0.134. The van der Waals surface area contributed by atoms with Crippen LogP contribution in [0.5, 0.6) is 0 Å². The lowest BCUT2D eigenvalue weighted by Crippen LogP contribution is -2.17. The minimum atomic E-state index is -0.194. The number of H-pyrrole nitrogens is 1. The fraction of sp³-hybridized carbons (Fsp3) is 0.182. The molecule has 0 aliphatic carbocycles. The maximum Gasteiger partial charge on any atom is 0.232 e. The van der Waals surface area contributed by atoms with Crippen LogP contribution in [0.3, 0.4) is 0 Å². The number of aromatic amines is 1. The van der Waals surface area contributed by atoms with Gasteiger partial charge in [0.1, 0.15) is 5.82 Å². The zero-order valence-electron chi connectivity index (χ0n) is 9.61. The van der Waals surface area contributed by atoms with Crippen LogP contribution in [0.25, 0.3) is 0 Å². The molecule has 0 aliphatic heterocycles. The Labute approximate surface area is 114 Å². The second-order valence-electron chi connectivity index (χ2n) is 3.71. The number of amides is 1. The van der Waals surface area contributed by atoms with E-state index in [0.717, 1.165) is 0 Å². The largest absolute Gasteiger partial charge is 0.324 e. The molecule has 18 heavy (non-hydrogen) atoms. The molecule has 0 spiro atoms. The van der Waals surface area contributed by atoms with Crippen LogP contribution < -0.4 is 5.32 Å². The van der Waals surface area contributed by atoms with E-state index >= 15 is 0 Å². The summed E-state index contributed by atoms with van der Waals surface area (Å²) in [6.45, 7) is 0. The third-order valence-corrected chi connectivity index (χ3v) is 3.13. The van der Waals surface area contributed by atoms with Crippen molar-refractivity contribution in [2.75, 3.05) is 5.32 Å². The number of aromatic nitrogens is 3. The first-order chi connectivity index (χ1) is 8.58. The molecule has 0 saturated carbocycles. The highest BCUT2D eigenvalue weighted by Gasteiger charge is 2.10. The van der Waals surface area contributed by atoms with Gasteiger partial charge >= 0.3 is 0 Å². The molecule has 0 bridgehead atoms. The first kappa shape index (κ1) is 12.8. The van der Waals surface area contributed by atoms with Crippen molar-refractivity contribution in [3.05, 3.63) is 39.9 Å². The maximum absolute atomic E-state index is 11.8. The fourth-order valence-corrected chi connectivity index (χ4v) is 1.77. The summed E-state index contributed by atoms with van der Waals surface area (Å²) in [6.07, 6.45) is 0.134. The molecule has 2 N–H and O–H groups in total. The van der Waals surface area contributed by atoms with Gasteiger partial charge in [-0.2, -0.15) is 5.10 Å². The zero-order valence-corrected chi connectivity index (χ0v) is 11.2. The van der Waals surface area contributed by atoms with E-state index in [1.165, 1.54) is 0 Å². The highest BCUT2D eigenvalue weighted by molar-refractivity contribution is 7.71. The maximum atomic E-state index is 11.8. The molecule has 7 heteroatoms. The summed E-state index contributed by atoms with van der Waals surface area (Å²) in [6, 6.07) is 7.06. The SMILES string of the molecule is Cn1c(CC(=O)Nc2ccccc2Cl)n[nH]c1=S. The van der Waals surface area contributed by atoms with Gasteiger partial charge in [-0.05, 0) is 24.4 Å². The van der Waals surface area contributed by atoms with Gasteiger partial charge in [-0.25, -0.2) is 0 Å². The van der Waals surface area contributed by atoms with Gasteiger partial charge in [0, 0.05) is 7.05 Å². The fourth-order valence-electron chi connectivity index (χ4n) is 1.44. The molecule has 2 rings (SSSR count). The molecule has 0 unspecified atom stereocenters. The van der Waals surface area contributed by atoms with E-state index in [0.29, 0.717) is 21.3 Å². The first-order valence-corrected chi connectivity index (χ1v) is 6.01. The Balaban J connectivity index is 2.08. The number of nitrogens with one attached hydrogen (secondary N) is 2. The quantitative estimate of drug-likeness (QED) is 0.849. The van der Waals surface area contributed by atoms with E-state index in [-0.39, 0.29) is 12.3 Å². The second kappa shape index (κ2) is 5.32. The highest BCUT2D eigenvalue weighted by atomic mass is 35.5. The topological polar surface area (TPSA) is 62.7 Å². The number of carbonyl (C=O) groups excluding carboxylic acids is 1. The summed E-state index contributed by atoms with van der Waals surface area (Å²) in [5, 5.41) is 9.82. The second-order valence-corrected chi connectivity index (χ2v) is 4.50. The van der Waals surface area contributed by atoms with Crippen LogP contribution >= 0.6 is 23.8 Å². The number of anilines is 1. The average molecular weight is 283 g/mol. The Kier molecular flexibility index (Phi) is 3.78. The molecule has 5 nitrogen and oxygen atoms in total. The number of hydrogen-bond donors (Lipinski definition) is 2. The van der Waals surface area contributed by atoms with Crippen molar-refractivity contribution in [1.29, 1.82) is 0 Å². The number of benzene rings is 1. The van der Waals surface area contributed by atoms with Gasteiger partial charge in [-0.15, -0.1) is 0 Å². The van der Waals surface area contributed by atoms with Gasteiger partial charge in [0.25, 0.3) is 0 Å². The number of para-hydroxylation sites is 1. The van der Waals surface area contributed by atoms with Crippen LogP contribution in [0.1, 0.15) is 5.82 Å². The van der Waals surface area contributed by atoms with Crippen molar-refractivity contribution >= 4 is 35.4 Å². The summed E-state index contributed by atoms with van der Waals surface area (Å²) in [5.41, 5.74) is 0.584. The number of rotatable bonds is 3. The third kappa shape index (κ3) is 2.77. The first-order valence-electron chi connectivity index (χ1n) is 5.22. The Hall–Kier alpha value is -1.66. The van der Waals surface area contributed by atoms with Gasteiger partial charge in [0.2, 0.25) is 5.91 Å². The summed E-state index contributed by atoms with van der Waals surface area (Å²) < 4.78 is 2.14. The predicted octanol–water partition coefficient (Wildman–Crippen LogP) is 2.31. The molecule has 1 heterocycles. The molecule has 0 fully saturated rings. The summed E-state index contributed by atoms with van der Waals surface area (Å²) >= 11 is 10.9. The smallest absolute Gasteiger partial charge is 0.232 e. The summed E-state index contributed by atoms with van der Waals surface area (Å²) in [5.74, 6) is 0.379. The van der Waals surface area contributed by atoms with E-state index in [1.807, 2.05) is 0 Å². The van der Waals surface area contributed by atoms with Crippen LogP contribution in [0, 0.1) is 4.77 Å². The van der Waals surface area contributed by atoms with E-state index < -0.39 is 0 Å². The molecule has 94 valence electrons. The van der Waals surface area contributed by atoms with Crippen LogP contribution in [0.4, 0.5) is 5.69 Å². The van der Waals surface area contributed by atoms with Crippen molar-refractivity contribution in [3.8, 4) is 0 Å². The number of hydrogen-bond acceptors (Lipinski definition) is 3. The third-order valence-electron chi connectivity index (χ3n) is 2.44. The summed E-state index contributed by atoms with van der Waals surface area (Å²) in [4.78, 5) is 11.8. The van der Waals surface area contributed by atoms with E-state index in [4.69, 9.17) is 23.8 Å². The summed E-state index contributed by atoms with van der Waals surface area (Å²) in [7, 11) is 1.75. The van der Waals surface area contributed by atoms with Crippen molar-refractivity contribution in [2.24, 2.45) is 7.05 Å². The van der Waals surface area contributed by atoms with Crippen molar-refractivity contribution in [1.82, 2.24) is 14.8 Å². The van der Waals surface area contributed by atoms with Crippen molar-refractivity contribution in [3.63, 3.8) is 0 Å². The molecule has 0 atom stereocenters. The molecule has 0 radical (unpaired) electrons. The molecular weight excluding hydrogens is 272 g/mol. The Morgan fingerprint density at radius 3 is 2.89 bits per heavy atom. The minimum Gasteiger partial charge on any atom is -0.324 e. The van der Waals surface area contributed by atoms with E-state index in [2.05, 4.69) is 15.5 Å². The van der Waals surface area contributed by atoms with Crippen molar-refractivity contribution < 1.29 is 4.79 Å². The molecule has 1 aromatic carbocycles. The van der Waals surface area contributed by atoms with Crippen LogP contribution in [0.15, 0.2) is 24.3 Å². The van der Waals surface area contributed by atoms with Crippen LogP contribution in [-0.4, -0.2) is 20.7 Å². The predicted molar refractivity (Wildman–Crippen MR) is 72.2 cm³/mol. The van der Waals surface area contributed by atoms with Gasteiger partial charge in [0.15, 0.2) is 4.77 Å². The lowest BCUT2D eigenvalue weighted by atomic mass is 10.3. The molecular formula is C11H11ClN4OS. The normalized spacial score (nSPS) is 10.3. The molecule has 1 aromatic heterocycles. The highest BCUT2D eigenvalue weighted by Crippen LogP contribution is 2.20. The lowest BCUT2D eigenvalue weighted by molar-refractivity contribution is -0.115. The lowest BCUT2D eigenvalue weighted by Gasteiger charge is -2.06. The van der Waals surface area contributed by atoms with Gasteiger partial charge in [-0.3, -0.25) is 9.89 Å². The monoisotopic (exact) mass is 282 g/mol. The van der Waals surface area contributed by atoms with Gasteiger partial charge < -0.3 is 9.88 Å². The number of halogens is 1. The molecule has 0 aliphatic rings. The number of nitrogens with zero attached hydrogens (tertiary/aromatic N) is 2. The average Bonchev–Trinajstić information content (AvgIpc) is 2.64. The Morgan fingerprint density at radius 1 is 1.56 bits per heavy atom. The standard InChI is InChI=1S/C11H11ClN4OS/c1-16-9(14-15-11(16)18)6-10(17)13-8-5-3-2-4-7(8)12/h2-5H,6H2,1H3,(H,13,17)(H,15,18). The molecule has 2 aromatic rings. The van der Waals surface area contributed by atoms with E-state index in [1.54, 1.807) is 35.9 Å². The van der Waals surface area contributed by atoms with Gasteiger partial charge in [-0.1, -0.05) is 23.7 Å². The Morgan fingerprint density at radius 2 is 2.28 bits per heavy atom. The van der Waals surface area contributed by atoms with E-state index in [9.17, 15) is 4.79 Å². The molecule has 0 saturated heterocycles. The molecule has 1 amide bonds. The van der Waals surface area contributed by atoms with Crippen LogP contribution in [0.2, 0.25) is 5.02 Å². The van der Waals surface area contributed by atoms with Crippen LogP contribution in [-0.2, 0) is 18.3 Å². The van der Waals surface area contributed by atoms with Gasteiger partial charge in [0.05, 0.1) is 17.1 Å². The number of carbonyl (C=O) groups is 1.